The topological polar surface area (TPSA) is 71.2 Å². The zero-order chi connectivity index (χ0) is 13.2. The fourth-order valence-corrected chi connectivity index (χ4v) is 1.93. The van der Waals surface area contributed by atoms with Crippen LogP contribution in [-0.4, -0.2) is 25.2 Å². The van der Waals surface area contributed by atoms with Crippen LogP contribution in [0.3, 0.4) is 0 Å². The van der Waals surface area contributed by atoms with Gasteiger partial charge in [-0.25, -0.2) is 4.68 Å². The van der Waals surface area contributed by atoms with Crippen LogP contribution in [0.5, 0.6) is 11.5 Å². The van der Waals surface area contributed by atoms with Gasteiger partial charge in [-0.3, -0.25) is 0 Å². The van der Waals surface area contributed by atoms with E-state index in [9.17, 15) is 10.2 Å². The van der Waals surface area contributed by atoms with Crippen LogP contribution in [0, 0.1) is 6.42 Å². The van der Waals surface area contributed by atoms with Crippen molar-refractivity contribution >= 4 is 5.57 Å². The van der Waals surface area contributed by atoms with Gasteiger partial charge in [-0.15, -0.1) is 5.10 Å². The van der Waals surface area contributed by atoms with E-state index in [4.69, 9.17) is 0 Å². The van der Waals surface area contributed by atoms with Gasteiger partial charge in [0.2, 0.25) is 0 Å². The molecule has 1 aromatic carbocycles. The van der Waals surface area contributed by atoms with Gasteiger partial charge in [0.1, 0.15) is 17.2 Å². The van der Waals surface area contributed by atoms with E-state index in [2.05, 4.69) is 10.3 Å². The second-order valence-corrected chi connectivity index (χ2v) is 4.29. The monoisotopic (exact) mass is 254 g/mol. The first-order chi connectivity index (χ1) is 9.22. The van der Waals surface area contributed by atoms with Crippen molar-refractivity contribution in [3.05, 3.63) is 60.3 Å². The molecule has 1 aliphatic rings. The van der Waals surface area contributed by atoms with Gasteiger partial charge in [-0.1, -0.05) is 23.4 Å². The van der Waals surface area contributed by atoms with E-state index in [1.807, 2.05) is 24.6 Å². The maximum Gasteiger partial charge on any atom is 0.120 e. The molecular formula is C14H12N3O2. The summed E-state index contributed by atoms with van der Waals surface area (Å²) in [6.07, 6.45) is 9.60. The molecule has 1 aromatic heterocycles. The van der Waals surface area contributed by atoms with Crippen LogP contribution >= 0.6 is 0 Å². The molecule has 19 heavy (non-hydrogen) atoms. The minimum Gasteiger partial charge on any atom is -0.508 e. The fraction of sp³-hybridized carbons (Fsp3) is 0.0714. The Hall–Kier alpha value is -2.56. The fourth-order valence-electron chi connectivity index (χ4n) is 1.93. The van der Waals surface area contributed by atoms with Gasteiger partial charge < -0.3 is 10.2 Å². The maximum atomic E-state index is 9.71. The Morgan fingerprint density at radius 3 is 2.89 bits per heavy atom. The number of benzene rings is 1. The zero-order valence-corrected chi connectivity index (χ0v) is 10.1. The third-order valence-electron chi connectivity index (χ3n) is 2.89. The molecule has 1 aliphatic carbocycles. The number of aromatic hydroxyl groups is 2. The summed E-state index contributed by atoms with van der Waals surface area (Å²) in [5, 5.41) is 27.2. The smallest absolute Gasteiger partial charge is 0.120 e. The van der Waals surface area contributed by atoms with E-state index in [1.54, 1.807) is 10.9 Å². The second-order valence-electron chi connectivity index (χ2n) is 4.29. The molecule has 1 heterocycles. The third kappa shape index (κ3) is 2.35. The SMILES string of the molecule is Oc1ccc(O)c(Cn2cc(C3=C[CH]C=C3)nn2)c1. The first-order valence-electron chi connectivity index (χ1n) is 5.85. The second kappa shape index (κ2) is 4.61. The molecule has 0 aliphatic heterocycles. The van der Waals surface area contributed by atoms with E-state index in [0.717, 1.165) is 11.3 Å². The van der Waals surface area contributed by atoms with Crippen molar-refractivity contribution < 1.29 is 10.2 Å². The molecule has 3 rings (SSSR count). The third-order valence-corrected chi connectivity index (χ3v) is 2.89. The number of nitrogens with zero attached hydrogens (tertiary/aromatic N) is 3. The van der Waals surface area contributed by atoms with E-state index >= 15 is 0 Å². The summed E-state index contributed by atoms with van der Waals surface area (Å²) in [5.74, 6) is 0.243. The van der Waals surface area contributed by atoms with Gasteiger partial charge in [-0.2, -0.15) is 0 Å². The molecule has 0 saturated heterocycles. The highest BCUT2D eigenvalue weighted by atomic mass is 16.3. The predicted octanol–water partition coefficient (Wildman–Crippen LogP) is 1.90. The van der Waals surface area contributed by atoms with Crippen LogP contribution in [0.1, 0.15) is 11.3 Å². The highest BCUT2D eigenvalue weighted by Gasteiger charge is 2.09. The molecule has 2 aromatic rings. The molecule has 0 amide bonds. The molecule has 1 radical (unpaired) electrons. The minimum atomic E-state index is 0.115. The van der Waals surface area contributed by atoms with E-state index in [1.165, 1.54) is 18.2 Å². The van der Waals surface area contributed by atoms with Crippen molar-refractivity contribution in [1.82, 2.24) is 15.0 Å². The summed E-state index contributed by atoms with van der Waals surface area (Å²) < 4.78 is 1.62. The molecule has 0 unspecified atom stereocenters. The maximum absolute atomic E-state index is 9.71. The standard InChI is InChI=1S/C14H12N3O2/c18-12-5-6-14(19)11(7-12)8-17-9-13(15-16-17)10-3-1-2-4-10/h1-7,9,18-19H,8H2. The lowest BCUT2D eigenvalue weighted by molar-refractivity contribution is 0.450. The number of phenols is 2. The number of aromatic nitrogens is 3. The average molecular weight is 254 g/mol. The molecule has 0 fully saturated rings. The van der Waals surface area contributed by atoms with Crippen molar-refractivity contribution in [2.75, 3.05) is 0 Å². The molecular weight excluding hydrogens is 242 g/mol. The Morgan fingerprint density at radius 1 is 1.21 bits per heavy atom. The zero-order valence-electron chi connectivity index (χ0n) is 10.1. The predicted molar refractivity (Wildman–Crippen MR) is 70.3 cm³/mol. The number of allylic oxidation sites excluding steroid dienone is 4. The van der Waals surface area contributed by atoms with Gasteiger partial charge in [0.25, 0.3) is 0 Å². The molecule has 0 bridgehead atoms. The Morgan fingerprint density at radius 2 is 2.11 bits per heavy atom. The van der Waals surface area contributed by atoms with Crippen molar-refractivity contribution in [3.63, 3.8) is 0 Å². The number of phenolic OH excluding ortho intramolecular Hbond substituents is 2. The lowest BCUT2D eigenvalue weighted by Crippen LogP contribution is -2.00. The highest BCUT2D eigenvalue weighted by molar-refractivity contribution is 5.75. The Bertz CT molecular complexity index is 671. The summed E-state index contributed by atoms with van der Waals surface area (Å²) >= 11 is 0. The van der Waals surface area contributed by atoms with E-state index < -0.39 is 0 Å². The van der Waals surface area contributed by atoms with Gasteiger partial charge >= 0.3 is 0 Å². The first-order valence-corrected chi connectivity index (χ1v) is 5.85. The van der Waals surface area contributed by atoms with E-state index in [0.29, 0.717) is 12.1 Å². The van der Waals surface area contributed by atoms with E-state index in [-0.39, 0.29) is 11.5 Å². The summed E-state index contributed by atoms with van der Waals surface area (Å²) in [6.45, 7) is 0.355. The Kier molecular flexibility index (Phi) is 2.79. The highest BCUT2D eigenvalue weighted by Crippen LogP contribution is 2.23. The van der Waals surface area contributed by atoms with Crippen molar-refractivity contribution in [2.45, 2.75) is 6.54 Å². The quantitative estimate of drug-likeness (QED) is 0.820. The average Bonchev–Trinajstić information content (AvgIpc) is 3.04. The molecule has 0 atom stereocenters. The number of hydrogen-bond donors (Lipinski definition) is 2. The molecule has 0 spiro atoms. The van der Waals surface area contributed by atoms with Crippen molar-refractivity contribution in [2.24, 2.45) is 0 Å². The molecule has 5 nitrogen and oxygen atoms in total. The normalized spacial score (nSPS) is 13.8. The van der Waals surface area contributed by atoms with Crippen LogP contribution in [0.2, 0.25) is 0 Å². The molecule has 2 N–H and O–H groups in total. The van der Waals surface area contributed by atoms with Crippen molar-refractivity contribution in [1.29, 1.82) is 0 Å². The van der Waals surface area contributed by atoms with Crippen LogP contribution in [0.4, 0.5) is 0 Å². The summed E-state index contributed by atoms with van der Waals surface area (Å²) in [7, 11) is 0. The van der Waals surface area contributed by atoms with Gasteiger partial charge in [0, 0.05) is 12.0 Å². The van der Waals surface area contributed by atoms with Crippen LogP contribution in [0.15, 0.2) is 42.6 Å². The van der Waals surface area contributed by atoms with Gasteiger partial charge in [0.15, 0.2) is 0 Å². The first kappa shape index (κ1) is 11.5. The molecule has 95 valence electrons. The van der Waals surface area contributed by atoms with Crippen LogP contribution in [-0.2, 0) is 6.54 Å². The summed E-state index contributed by atoms with van der Waals surface area (Å²) in [5.41, 5.74) is 2.38. The molecule has 5 heteroatoms. The van der Waals surface area contributed by atoms with Crippen LogP contribution in [0.25, 0.3) is 5.57 Å². The number of hydrogen-bond acceptors (Lipinski definition) is 4. The number of rotatable bonds is 3. The van der Waals surface area contributed by atoms with Gasteiger partial charge in [-0.05, 0) is 23.8 Å². The van der Waals surface area contributed by atoms with Gasteiger partial charge in [0.05, 0.1) is 12.7 Å². The lowest BCUT2D eigenvalue weighted by atomic mass is 10.2. The van der Waals surface area contributed by atoms with Crippen LogP contribution < -0.4 is 0 Å². The molecule has 0 saturated carbocycles. The Balaban J connectivity index is 1.84. The largest absolute Gasteiger partial charge is 0.508 e. The minimum absolute atomic E-state index is 0.115. The van der Waals surface area contributed by atoms with Crippen molar-refractivity contribution in [3.8, 4) is 11.5 Å². The summed E-state index contributed by atoms with van der Waals surface area (Å²) in [6, 6.07) is 4.41. The summed E-state index contributed by atoms with van der Waals surface area (Å²) in [4.78, 5) is 0. The Labute approximate surface area is 110 Å². The lowest BCUT2D eigenvalue weighted by Gasteiger charge is -2.04.